The molecule has 0 aliphatic heterocycles. The molecule has 0 aliphatic rings. The second-order valence-electron chi connectivity index (χ2n) is 3.13. The van der Waals surface area contributed by atoms with Gasteiger partial charge in [-0.25, -0.2) is 9.89 Å². The predicted molar refractivity (Wildman–Crippen MR) is 57.5 cm³/mol. The number of methoxy groups -OCH3 is 1. The molecule has 2 rings (SSSR count). The van der Waals surface area contributed by atoms with Gasteiger partial charge in [-0.15, -0.1) is 0 Å². The van der Waals surface area contributed by atoms with Crippen LogP contribution in [0.25, 0.3) is 11.0 Å². The number of ether oxygens (including phenoxy) is 2. The van der Waals surface area contributed by atoms with Gasteiger partial charge in [0.2, 0.25) is 0 Å². The van der Waals surface area contributed by atoms with Gasteiger partial charge in [0.05, 0.1) is 12.1 Å². The molecule has 0 bridgehead atoms. The molecule has 0 saturated carbocycles. The average molecular weight is 221 g/mol. The monoisotopic (exact) mass is 221 g/mol. The van der Waals surface area contributed by atoms with Gasteiger partial charge in [-0.3, -0.25) is 0 Å². The summed E-state index contributed by atoms with van der Waals surface area (Å²) in [5, 5.41) is 6.13. The summed E-state index contributed by atoms with van der Waals surface area (Å²) < 4.78 is 10.3. The van der Waals surface area contributed by atoms with Crippen LogP contribution in [0.2, 0.25) is 0 Å². The van der Waals surface area contributed by atoms with E-state index in [9.17, 15) is 4.79 Å². The van der Waals surface area contributed by atoms with Gasteiger partial charge in [0.25, 0.3) is 0 Å². The number of aromatic nitrogens is 3. The van der Waals surface area contributed by atoms with Crippen molar-refractivity contribution in [2.24, 2.45) is 0 Å². The molecule has 0 fully saturated rings. The molecule has 84 valence electrons. The molecule has 6 heteroatoms. The van der Waals surface area contributed by atoms with Gasteiger partial charge in [0.1, 0.15) is 17.9 Å². The number of nitrogens with one attached hydrogen (secondary N) is 1. The number of benzene rings is 1. The summed E-state index contributed by atoms with van der Waals surface area (Å²) in [5.74, 6) is 0.672. The van der Waals surface area contributed by atoms with Crippen molar-refractivity contribution in [3.8, 4) is 5.75 Å². The van der Waals surface area contributed by atoms with Crippen LogP contribution in [0.5, 0.6) is 5.75 Å². The Kier molecular flexibility index (Phi) is 3.11. The first-order valence-corrected chi connectivity index (χ1v) is 4.78. The van der Waals surface area contributed by atoms with Crippen molar-refractivity contribution < 1.29 is 9.47 Å². The number of fused-ring (bicyclic) bond motifs is 1. The minimum absolute atomic E-state index is 0.458. The standard InChI is InChI=1S/C10H11N3O3/c1-15-4-5-16-7-2-3-8-9(6-7)12-13-10(14)11-8/h2-3,6H,4-5H2,1H3,(H,11,13,14). The van der Waals surface area contributed by atoms with Gasteiger partial charge >= 0.3 is 5.69 Å². The highest BCUT2D eigenvalue weighted by atomic mass is 16.5. The molecule has 0 saturated heterocycles. The molecular formula is C10H11N3O3. The highest BCUT2D eigenvalue weighted by molar-refractivity contribution is 5.74. The van der Waals surface area contributed by atoms with Crippen molar-refractivity contribution in [1.29, 1.82) is 0 Å². The molecule has 0 unspecified atom stereocenters. The molecule has 0 aliphatic carbocycles. The van der Waals surface area contributed by atoms with E-state index < -0.39 is 5.69 Å². The Labute approximate surface area is 91.2 Å². The Balaban J connectivity index is 2.23. The second-order valence-corrected chi connectivity index (χ2v) is 3.13. The zero-order valence-corrected chi connectivity index (χ0v) is 8.77. The summed E-state index contributed by atoms with van der Waals surface area (Å²) in [6.45, 7) is 0.994. The number of rotatable bonds is 4. The Morgan fingerprint density at radius 3 is 3.00 bits per heavy atom. The number of H-pyrrole nitrogens is 1. The number of hydrogen-bond acceptors (Lipinski definition) is 5. The van der Waals surface area contributed by atoms with Crippen LogP contribution in [-0.2, 0) is 4.74 Å². The molecule has 0 radical (unpaired) electrons. The lowest BCUT2D eigenvalue weighted by Gasteiger charge is -2.05. The molecule has 1 aromatic carbocycles. The quantitative estimate of drug-likeness (QED) is 0.753. The highest BCUT2D eigenvalue weighted by Gasteiger charge is 2.00. The van der Waals surface area contributed by atoms with Crippen LogP contribution in [0.1, 0.15) is 0 Å². The van der Waals surface area contributed by atoms with Crippen LogP contribution >= 0.6 is 0 Å². The normalized spacial score (nSPS) is 10.6. The van der Waals surface area contributed by atoms with Crippen molar-refractivity contribution in [3.05, 3.63) is 28.7 Å². The van der Waals surface area contributed by atoms with Crippen LogP contribution in [0, 0.1) is 0 Å². The molecule has 16 heavy (non-hydrogen) atoms. The molecule has 2 aromatic rings. The summed E-state index contributed by atoms with van der Waals surface area (Å²) in [7, 11) is 1.61. The van der Waals surface area contributed by atoms with Gasteiger partial charge in [-0.2, -0.15) is 10.1 Å². The molecular weight excluding hydrogens is 210 g/mol. The number of aromatic amines is 1. The van der Waals surface area contributed by atoms with E-state index in [1.165, 1.54) is 0 Å². The lowest BCUT2D eigenvalue weighted by Crippen LogP contribution is -2.11. The van der Waals surface area contributed by atoms with Gasteiger partial charge in [-0.05, 0) is 12.1 Å². The third kappa shape index (κ3) is 2.34. The molecule has 1 N–H and O–H groups in total. The minimum Gasteiger partial charge on any atom is -0.491 e. The maximum absolute atomic E-state index is 10.9. The van der Waals surface area contributed by atoms with E-state index in [-0.39, 0.29) is 0 Å². The summed E-state index contributed by atoms with van der Waals surface area (Å²) in [4.78, 5) is 14.7. The van der Waals surface area contributed by atoms with Crippen LogP contribution < -0.4 is 10.4 Å². The van der Waals surface area contributed by atoms with E-state index in [1.807, 2.05) is 0 Å². The first-order chi connectivity index (χ1) is 7.79. The van der Waals surface area contributed by atoms with Crippen LogP contribution in [0.4, 0.5) is 0 Å². The molecule has 6 nitrogen and oxygen atoms in total. The van der Waals surface area contributed by atoms with E-state index >= 15 is 0 Å². The van der Waals surface area contributed by atoms with Gasteiger partial charge in [-0.1, -0.05) is 0 Å². The fourth-order valence-corrected chi connectivity index (χ4v) is 1.26. The molecule has 0 amide bonds. The molecule has 0 atom stereocenters. The Morgan fingerprint density at radius 1 is 1.31 bits per heavy atom. The highest BCUT2D eigenvalue weighted by Crippen LogP contribution is 2.15. The predicted octanol–water partition coefficient (Wildman–Crippen LogP) is 0.343. The lowest BCUT2D eigenvalue weighted by atomic mass is 10.3. The minimum atomic E-state index is -0.458. The fraction of sp³-hybridized carbons (Fsp3) is 0.300. The lowest BCUT2D eigenvalue weighted by molar-refractivity contribution is 0.146. The van der Waals surface area contributed by atoms with Crippen LogP contribution in [0.3, 0.4) is 0 Å². The average Bonchev–Trinajstić information content (AvgIpc) is 2.29. The second kappa shape index (κ2) is 4.71. The van der Waals surface area contributed by atoms with E-state index in [0.29, 0.717) is 30.0 Å². The van der Waals surface area contributed by atoms with E-state index in [4.69, 9.17) is 9.47 Å². The molecule has 0 spiro atoms. The van der Waals surface area contributed by atoms with Crippen molar-refractivity contribution in [2.45, 2.75) is 0 Å². The maximum atomic E-state index is 10.9. The molecule has 1 heterocycles. The van der Waals surface area contributed by atoms with Gasteiger partial charge < -0.3 is 9.47 Å². The first-order valence-electron chi connectivity index (χ1n) is 4.78. The summed E-state index contributed by atoms with van der Waals surface area (Å²) in [6, 6.07) is 5.15. The third-order valence-electron chi connectivity index (χ3n) is 2.00. The number of hydrogen-bond donors (Lipinski definition) is 1. The molecule has 1 aromatic heterocycles. The smallest absolute Gasteiger partial charge is 0.361 e. The largest absolute Gasteiger partial charge is 0.491 e. The summed E-state index contributed by atoms with van der Waals surface area (Å²) in [6.07, 6.45) is 0. The summed E-state index contributed by atoms with van der Waals surface area (Å²) >= 11 is 0. The Hall–Kier alpha value is -1.95. The van der Waals surface area contributed by atoms with Gasteiger partial charge in [0.15, 0.2) is 0 Å². The fourth-order valence-electron chi connectivity index (χ4n) is 1.26. The third-order valence-corrected chi connectivity index (χ3v) is 2.00. The Bertz CT molecular complexity index is 538. The van der Waals surface area contributed by atoms with E-state index in [0.717, 1.165) is 0 Å². The maximum Gasteiger partial charge on any atom is 0.361 e. The SMILES string of the molecule is COCCOc1ccc2nc(=O)[nH]nc2c1. The van der Waals surface area contributed by atoms with Crippen molar-refractivity contribution >= 4 is 11.0 Å². The van der Waals surface area contributed by atoms with Crippen molar-refractivity contribution in [1.82, 2.24) is 15.2 Å². The zero-order valence-electron chi connectivity index (χ0n) is 8.77. The number of nitrogens with zero attached hydrogens (tertiary/aromatic N) is 2. The topological polar surface area (TPSA) is 77.1 Å². The summed E-state index contributed by atoms with van der Waals surface area (Å²) in [5.41, 5.74) is 0.679. The van der Waals surface area contributed by atoms with Gasteiger partial charge in [0, 0.05) is 13.2 Å². The van der Waals surface area contributed by atoms with Crippen molar-refractivity contribution in [2.75, 3.05) is 20.3 Å². The van der Waals surface area contributed by atoms with Crippen LogP contribution in [0.15, 0.2) is 23.0 Å². The van der Waals surface area contributed by atoms with Crippen LogP contribution in [-0.4, -0.2) is 35.5 Å². The van der Waals surface area contributed by atoms with E-state index in [2.05, 4.69) is 15.2 Å². The first kappa shape index (κ1) is 10.6. The zero-order chi connectivity index (χ0) is 11.4. The van der Waals surface area contributed by atoms with Crippen molar-refractivity contribution in [3.63, 3.8) is 0 Å². The van der Waals surface area contributed by atoms with E-state index in [1.54, 1.807) is 25.3 Å². The Morgan fingerprint density at radius 2 is 2.19 bits per heavy atom.